The Hall–Kier alpha value is -1.87. The molecule has 3 aliphatic heterocycles. The van der Waals surface area contributed by atoms with Crippen molar-refractivity contribution < 1.29 is 19.1 Å². The van der Waals surface area contributed by atoms with Crippen molar-refractivity contribution in [1.82, 2.24) is 25.8 Å². The van der Waals surface area contributed by atoms with Crippen molar-refractivity contribution >= 4 is 17.9 Å². The van der Waals surface area contributed by atoms with Gasteiger partial charge < -0.3 is 25.6 Å². The Balaban J connectivity index is 1.40. The lowest BCUT2D eigenvalue weighted by Gasteiger charge is -2.32. The van der Waals surface area contributed by atoms with E-state index in [1.807, 2.05) is 0 Å². The van der Waals surface area contributed by atoms with Gasteiger partial charge in [-0.25, -0.2) is 4.79 Å². The highest BCUT2D eigenvalue weighted by Gasteiger charge is 2.50. The largest absolute Gasteiger partial charge is 0.446 e. The molecule has 3 saturated heterocycles. The molecule has 0 aromatic rings. The average Bonchev–Trinajstić information content (AvgIpc) is 3.51. The van der Waals surface area contributed by atoms with Crippen molar-refractivity contribution in [3.63, 3.8) is 0 Å². The van der Waals surface area contributed by atoms with Gasteiger partial charge in [-0.2, -0.15) is 0 Å². The van der Waals surface area contributed by atoms with Crippen LogP contribution >= 0.6 is 0 Å². The standard InChI is InChI=1S/C23H39N5O4/c1-24-19(13-16-5-10-25-20(16)29)26-21(30)18-14-23(8-3-4-9-23)15-28(18)22(31)32-17-6-11-27(2)12-7-17/h16-19,24H,3-15H2,1-2H3,(H,25,29)(H,26,30)/t16-,18-,19-/m0/s1. The van der Waals surface area contributed by atoms with Crippen molar-refractivity contribution in [2.75, 3.05) is 40.3 Å². The van der Waals surface area contributed by atoms with E-state index in [9.17, 15) is 14.4 Å². The van der Waals surface area contributed by atoms with Crippen molar-refractivity contribution in [2.45, 2.75) is 76.1 Å². The van der Waals surface area contributed by atoms with E-state index in [4.69, 9.17) is 4.74 Å². The summed E-state index contributed by atoms with van der Waals surface area (Å²) in [6, 6.07) is -0.514. The molecule has 4 fully saturated rings. The minimum Gasteiger partial charge on any atom is -0.446 e. The average molecular weight is 450 g/mol. The van der Waals surface area contributed by atoms with Crippen LogP contribution in [0.5, 0.6) is 0 Å². The number of rotatable bonds is 6. The number of nitrogens with zero attached hydrogens (tertiary/aromatic N) is 2. The second-order valence-electron chi connectivity index (χ2n) is 10.3. The quantitative estimate of drug-likeness (QED) is 0.524. The zero-order valence-corrected chi connectivity index (χ0v) is 19.5. The van der Waals surface area contributed by atoms with E-state index in [-0.39, 0.29) is 41.5 Å². The lowest BCUT2D eigenvalue weighted by Crippen LogP contribution is -2.53. The maximum absolute atomic E-state index is 13.4. The zero-order valence-electron chi connectivity index (χ0n) is 19.5. The van der Waals surface area contributed by atoms with E-state index in [1.165, 1.54) is 0 Å². The summed E-state index contributed by atoms with van der Waals surface area (Å²) >= 11 is 0. The highest BCUT2D eigenvalue weighted by molar-refractivity contribution is 5.87. The number of carbonyl (C=O) groups is 3. The number of amides is 3. The first-order valence-electron chi connectivity index (χ1n) is 12.3. The summed E-state index contributed by atoms with van der Waals surface area (Å²) in [5, 5.41) is 9.05. The smallest absolute Gasteiger partial charge is 0.410 e. The molecule has 4 rings (SSSR count). The Bertz CT molecular complexity index is 703. The Morgan fingerprint density at radius 3 is 2.56 bits per heavy atom. The first-order valence-corrected chi connectivity index (χ1v) is 12.3. The van der Waals surface area contributed by atoms with E-state index >= 15 is 0 Å². The lowest BCUT2D eigenvalue weighted by molar-refractivity contribution is -0.127. The van der Waals surface area contributed by atoms with Crippen LogP contribution < -0.4 is 16.0 Å². The third-order valence-electron chi connectivity index (χ3n) is 7.99. The minimum atomic E-state index is -0.514. The fourth-order valence-electron chi connectivity index (χ4n) is 5.95. The highest BCUT2D eigenvalue weighted by atomic mass is 16.6. The molecular formula is C23H39N5O4. The van der Waals surface area contributed by atoms with Crippen molar-refractivity contribution in [1.29, 1.82) is 0 Å². The van der Waals surface area contributed by atoms with Crippen LogP contribution in [0.4, 0.5) is 4.79 Å². The van der Waals surface area contributed by atoms with Gasteiger partial charge in [0.05, 0.1) is 6.17 Å². The number of ether oxygens (including phenoxy) is 1. The van der Waals surface area contributed by atoms with Crippen LogP contribution in [-0.4, -0.2) is 86.3 Å². The first-order chi connectivity index (χ1) is 15.4. The summed E-state index contributed by atoms with van der Waals surface area (Å²) in [6.07, 6.45) is 7.41. The van der Waals surface area contributed by atoms with Crippen LogP contribution in [0.2, 0.25) is 0 Å². The van der Waals surface area contributed by atoms with Crippen LogP contribution in [0, 0.1) is 11.3 Å². The van der Waals surface area contributed by atoms with Gasteiger partial charge in [-0.1, -0.05) is 12.8 Å². The summed E-state index contributed by atoms with van der Waals surface area (Å²) in [6.45, 7) is 3.14. The molecular weight excluding hydrogens is 410 g/mol. The monoisotopic (exact) mass is 449 g/mol. The van der Waals surface area contributed by atoms with E-state index in [0.717, 1.165) is 58.0 Å². The maximum Gasteiger partial charge on any atom is 0.410 e. The maximum atomic E-state index is 13.4. The van der Waals surface area contributed by atoms with E-state index in [2.05, 4.69) is 27.9 Å². The normalized spacial score (nSPS) is 29.3. The molecule has 9 nitrogen and oxygen atoms in total. The molecule has 180 valence electrons. The summed E-state index contributed by atoms with van der Waals surface area (Å²) in [5.41, 5.74) is 0.0360. The third-order valence-corrected chi connectivity index (χ3v) is 7.99. The number of piperidine rings is 1. The van der Waals surface area contributed by atoms with Crippen molar-refractivity contribution in [3.8, 4) is 0 Å². The van der Waals surface area contributed by atoms with Crippen LogP contribution in [0.3, 0.4) is 0 Å². The summed E-state index contributed by atoms with van der Waals surface area (Å²) in [5.74, 6) is -0.191. The lowest BCUT2D eigenvalue weighted by atomic mass is 9.84. The van der Waals surface area contributed by atoms with E-state index in [0.29, 0.717) is 25.9 Å². The van der Waals surface area contributed by atoms with Gasteiger partial charge in [0.25, 0.3) is 0 Å². The van der Waals surface area contributed by atoms with Gasteiger partial charge in [0.2, 0.25) is 11.8 Å². The Morgan fingerprint density at radius 1 is 1.22 bits per heavy atom. The molecule has 1 aliphatic carbocycles. The Labute approximate surface area is 191 Å². The molecule has 3 atom stereocenters. The Kier molecular flexibility index (Phi) is 7.24. The molecule has 0 aromatic carbocycles. The number of hydrogen-bond acceptors (Lipinski definition) is 6. The molecule has 0 radical (unpaired) electrons. The van der Waals surface area contributed by atoms with Gasteiger partial charge in [-0.15, -0.1) is 0 Å². The fourth-order valence-corrected chi connectivity index (χ4v) is 5.95. The molecule has 4 aliphatic rings. The van der Waals surface area contributed by atoms with Crippen molar-refractivity contribution in [3.05, 3.63) is 0 Å². The number of carbonyl (C=O) groups excluding carboxylic acids is 3. The molecule has 1 spiro atoms. The summed E-state index contributed by atoms with van der Waals surface area (Å²) in [4.78, 5) is 42.4. The van der Waals surface area contributed by atoms with Crippen LogP contribution in [0.1, 0.15) is 57.8 Å². The summed E-state index contributed by atoms with van der Waals surface area (Å²) in [7, 11) is 3.87. The van der Waals surface area contributed by atoms with Gasteiger partial charge >= 0.3 is 6.09 Å². The van der Waals surface area contributed by atoms with Gasteiger partial charge in [0.1, 0.15) is 12.1 Å². The zero-order chi connectivity index (χ0) is 22.7. The second-order valence-corrected chi connectivity index (χ2v) is 10.3. The van der Waals surface area contributed by atoms with Crippen LogP contribution in [0.15, 0.2) is 0 Å². The number of hydrogen-bond donors (Lipinski definition) is 3. The molecule has 0 unspecified atom stereocenters. The predicted molar refractivity (Wildman–Crippen MR) is 120 cm³/mol. The first kappa shape index (κ1) is 23.3. The number of nitrogens with one attached hydrogen (secondary N) is 3. The molecule has 0 aromatic heterocycles. The molecule has 3 heterocycles. The van der Waals surface area contributed by atoms with Crippen LogP contribution in [-0.2, 0) is 14.3 Å². The second kappa shape index (κ2) is 9.95. The van der Waals surface area contributed by atoms with Gasteiger partial charge in [0, 0.05) is 32.1 Å². The molecule has 32 heavy (non-hydrogen) atoms. The van der Waals surface area contributed by atoms with Crippen molar-refractivity contribution in [2.24, 2.45) is 11.3 Å². The highest BCUT2D eigenvalue weighted by Crippen LogP contribution is 2.48. The van der Waals surface area contributed by atoms with Gasteiger partial charge in [0.15, 0.2) is 0 Å². The van der Waals surface area contributed by atoms with Crippen LogP contribution in [0.25, 0.3) is 0 Å². The molecule has 3 N–H and O–H groups in total. The predicted octanol–water partition coefficient (Wildman–Crippen LogP) is 1.04. The molecule has 3 amide bonds. The third kappa shape index (κ3) is 5.20. The molecule has 0 bridgehead atoms. The summed E-state index contributed by atoms with van der Waals surface area (Å²) < 4.78 is 5.87. The van der Waals surface area contributed by atoms with Gasteiger partial charge in [-0.3, -0.25) is 14.5 Å². The fraction of sp³-hybridized carbons (Fsp3) is 0.870. The van der Waals surface area contributed by atoms with Gasteiger partial charge in [-0.05, 0) is 64.5 Å². The number of likely N-dealkylation sites (tertiary alicyclic amines) is 2. The molecule has 9 heteroatoms. The minimum absolute atomic E-state index is 0.0360. The van der Waals surface area contributed by atoms with E-state index in [1.54, 1.807) is 11.9 Å². The SMILES string of the molecule is CN[C@H](C[C@@H]1CCNC1=O)NC(=O)[C@@H]1CC2(CCCC2)CN1C(=O)OC1CCN(C)CC1. The topological polar surface area (TPSA) is 103 Å². The Morgan fingerprint density at radius 2 is 1.94 bits per heavy atom. The van der Waals surface area contributed by atoms with E-state index < -0.39 is 6.04 Å². The molecule has 1 saturated carbocycles.